The summed E-state index contributed by atoms with van der Waals surface area (Å²) in [6.45, 7) is 3.58. The van der Waals surface area contributed by atoms with Crippen molar-refractivity contribution in [1.82, 2.24) is 14.7 Å². The van der Waals surface area contributed by atoms with Gasteiger partial charge in [-0.3, -0.25) is 14.6 Å². The number of fused-ring (bicyclic) bond motifs is 1. The molecule has 8 heteroatoms. The highest BCUT2D eigenvalue weighted by Crippen LogP contribution is 2.33. The topological polar surface area (TPSA) is 36.0 Å². The molecule has 0 spiro atoms. The number of carbonyl (C=O) groups is 1. The number of ether oxygens (including phenoxy) is 1. The molecule has 0 radical (unpaired) electrons. The van der Waals surface area contributed by atoms with Crippen LogP contribution in [0, 0.1) is 0 Å². The maximum Gasteiger partial charge on any atom is 0.471 e. The van der Waals surface area contributed by atoms with Crippen molar-refractivity contribution in [3.05, 3.63) is 35.9 Å². The summed E-state index contributed by atoms with van der Waals surface area (Å²) < 4.78 is 45.7. The van der Waals surface area contributed by atoms with Crippen molar-refractivity contribution in [2.24, 2.45) is 0 Å². The van der Waals surface area contributed by atoms with E-state index in [1.54, 1.807) is 0 Å². The lowest BCUT2D eigenvalue weighted by atomic mass is 9.91. The second-order valence-electron chi connectivity index (χ2n) is 7.86. The summed E-state index contributed by atoms with van der Waals surface area (Å²) in [6, 6.07) is 8.97. The molecule has 28 heavy (non-hydrogen) atoms. The molecule has 1 aromatic carbocycles. The molecule has 3 fully saturated rings. The van der Waals surface area contributed by atoms with Crippen LogP contribution in [0.5, 0.6) is 0 Å². The average molecular weight is 397 g/mol. The third-order valence-corrected chi connectivity index (χ3v) is 6.16. The van der Waals surface area contributed by atoms with E-state index >= 15 is 0 Å². The van der Waals surface area contributed by atoms with Crippen molar-refractivity contribution < 1.29 is 22.7 Å². The Morgan fingerprint density at radius 1 is 1.00 bits per heavy atom. The summed E-state index contributed by atoms with van der Waals surface area (Å²) in [5.41, 5.74) is 1.11. The van der Waals surface area contributed by atoms with Gasteiger partial charge in [0, 0.05) is 19.6 Å². The summed E-state index contributed by atoms with van der Waals surface area (Å²) in [4.78, 5) is 17.7. The van der Waals surface area contributed by atoms with Gasteiger partial charge in [-0.1, -0.05) is 30.3 Å². The third-order valence-electron chi connectivity index (χ3n) is 6.16. The van der Waals surface area contributed by atoms with Gasteiger partial charge in [-0.05, 0) is 31.5 Å². The molecule has 0 saturated carbocycles. The van der Waals surface area contributed by atoms with Crippen LogP contribution in [0.3, 0.4) is 0 Å². The van der Waals surface area contributed by atoms with Crippen molar-refractivity contribution in [2.75, 3.05) is 39.4 Å². The molecular weight excluding hydrogens is 371 g/mol. The summed E-state index contributed by atoms with van der Waals surface area (Å²) in [6.07, 6.45) is -2.77. The number of halogens is 3. The van der Waals surface area contributed by atoms with Gasteiger partial charge in [0.1, 0.15) is 0 Å². The highest BCUT2D eigenvalue weighted by atomic mass is 19.4. The Bertz CT molecular complexity index is 679. The molecule has 3 heterocycles. The molecule has 3 aliphatic rings. The first-order valence-electron chi connectivity index (χ1n) is 9.93. The minimum absolute atomic E-state index is 0.0939. The van der Waals surface area contributed by atoms with Crippen LogP contribution in [0.25, 0.3) is 0 Å². The van der Waals surface area contributed by atoms with E-state index in [-0.39, 0.29) is 18.6 Å². The Labute approximate surface area is 163 Å². The molecule has 154 valence electrons. The molecule has 0 aromatic heterocycles. The number of benzene rings is 1. The second-order valence-corrected chi connectivity index (χ2v) is 7.86. The lowest BCUT2D eigenvalue weighted by Gasteiger charge is -2.54. The highest BCUT2D eigenvalue weighted by Gasteiger charge is 2.53. The summed E-state index contributed by atoms with van der Waals surface area (Å²) in [7, 11) is 0. The quantitative estimate of drug-likeness (QED) is 0.783. The predicted octanol–water partition coefficient (Wildman–Crippen LogP) is 2.12. The third kappa shape index (κ3) is 3.90. The molecule has 3 aliphatic heterocycles. The molecule has 1 aromatic rings. The Morgan fingerprint density at radius 3 is 2.36 bits per heavy atom. The summed E-state index contributed by atoms with van der Waals surface area (Å²) in [5.74, 6) is -1.71. The summed E-state index contributed by atoms with van der Waals surface area (Å²) in [5, 5.41) is 0. The largest absolute Gasteiger partial charge is 0.471 e. The molecule has 0 N–H and O–H groups in total. The number of rotatable bonds is 3. The van der Waals surface area contributed by atoms with E-state index in [2.05, 4.69) is 9.80 Å². The van der Waals surface area contributed by atoms with Crippen molar-refractivity contribution >= 4 is 5.91 Å². The number of alkyl halides is 3. The first-order valence-corrected chi connectivity index (χ1v) is 9.93. The zero-order valence-electron chi connectivity index (χ0n) is 15.8. The van der Waals surface area contributed by atoms with E-state index in [0.717, 1.165) is 36.4 Å². The molecule has 1 amide bonds. The van der Waals surface area contributed by atoms with Crippen LogP contribution in [0.4, 0.5) is 13.2 Å². The van der Waals surface area contributed by atoms with Crippen LogP contribution >= 0.6 is 0 Å². The maximum atomic E-state index is 13.3. The van der Waals surface area contributed by atoms with Crippen molar-refractivity contribution in [3.8, 4) is 0 Å². The first kappa shape index (κ1) is 19.7. The van der Waals surface area contributed by atoms with Crippen LogP contribution in [0.2, 0.25) is 0 Å². The average Bonchev–Trinajstić information content (AvgIpc) is 3.22. The Morgan fingerprint density at radius 2 is 1.68 bits per heavy atom. The van der Waals surface area contributed by atoms with Gasteiger partial charge in [-0.2, -0.15) is 13.2 Å². The number of carbonyl (C=O) groups excluding carboxylic acids is 1. The molecular formula is C20H26F3N3O2. The Kier molecular flexibility index (Phi) is 5.62. The van der Waals surface area contributed by atoms with Crippen LogP contribution < -0.4 is 0 Å². The van der Waals surface area contributed by atoms with E-state index in [1.165, 1.54) is 0 Å². The van der Waals surface area contributed by atoms with Gasteiger partial charge in [0.15, 0.2) is 0 Å². The van der Waals surface area contributed by atoms with Crippen LogP contribution in [-0.4, -0.2) is 84.3 Å². The van der Waals surface area contributed by atoms with Crippen LogP contribution in [0.15, 0.2) is 30.3 Å². The minimum Gasteiger partial charge on any atom is -0.378 e. The number of likely N-dealkylation sites (tertiary alicyclic amines) is 1. The second kappa shape index (κ2) is 8.00. The molecule has 3 saturated heterocycles. The lowest BCUT2D eigenvalue weighted by Crippen LogP contribution is -2.72. The van der Waals surface area contributed by atoms with Gasteiger partial charge < -0.3 is 9.64 Å². The zero-order valence-corrected chi connectivity index (χ0v) is 15.8. The van der Waals surface area contributed by atoms with Gasteiger partial charge in [0.25, 0.3) is 0 Å². The van der Waals surface area contributed by atoms with Crippen LogP contribution in [-0.2, 0) is 16.1 Å². The monoisotopic (exact) mass is 397 g/mol. The molecule has 0 aliphatic carbocycles. The van der Waals surface area contributed by atoms with Gasteiger partial charge in [0.2, 0.25) is 0 Å². The van der Waals surface area contributed by atoms with E-state index < -0.39 is 18.1 Å². The number of hydrogen-bond donors (Lipinski definition) is 0. The van der Waals surface area contributed by atoms with E-state index in [0.29, 0.717) is 26.3 Å². The van der Waals surface area contributed by atoms with E-state index in [9.17, 15) is 18.0 Å². The number of amides is 1. The summed E-state index contributed by atoms with van der Waals surface area (Å²) >= 11 is 0. The molecule has 0 unspecified atom stereocenters. The number of hydrogen-bond acceptors (Lipinski definition) is 4. The van der Waals surface area contributed by atoms with E-state index in [4.69, 9.17) is 4.74 Å². The first-order chi connectivity index (χ1) is 13.4. The van der Waals surface area contributed by atoms with E-state index in [1.807, 2.05) is 30.3 Å². The van der Waals surface area contributed by atoms with Gasteiger partial charge in [-0.15, -0.1) is 0 Å². The smallest absolute Gasteiger partial charge is 0.378 e. The maximum absolute atomic E-state index is 13.3. The van der Waals surface area contributed by atoms with Crippen molar-refractivity contribution in [3.63, 3.8) is 0 Å². The van der Waals surface area contributed by atoms with Crippen molar-refractivity contribution in [2.45, 2.75) is 43.7 Å². The van der Waals surface area contributed by atoms with Gasteiger partial charge in [-0.25, -0.2) is 0 Å². The molecule has 0 bridgehead atoms. The molecule has 3 atom stereocenters. The minimum atomic E-state index is -4.85. The van der Waals surface area contributed by atoms with Crippen LogP contribution in [0.1, 0.15) is 18.4 Å². The SMILES string of the molecule is O=C(N1CCN(Cc2ccccc2)[C@@H]2COC[C@H](N3CCCC3)[C@H]21)C(F)(F)F. The predicted molar refractivity (Wildman–Crippen MR) is 97.6 cm³/mol. The highest BCUT2D eigenvalue weighted by molar-refractivity contribution is 5.82. The lowest BCUT2D eigenvalue weighted by molar-refractivity contribution is -0.200. The number of nitrogens with zero attached hydrogens (tertiary/aromatic N) is 3. The van der Waals surface area contributed by atoms with Gasteiger partial charge in [0.05, 0.1) is 31.3 Å². The molecule has 4 rings (SSSR count). The molecule has 5 nitrogen and oxygen atoms in total. The number of piperazine rings is 1. The fraction of sp³-hybridized carbons (Fsp3) is 0.650. The zero-order chi connectivity index (χ0) is 19.7. The fourth-order valence-corrected chi connectivity index (χ4v) is 4.86. The van der Waals surface area contributed by atoms with Crippen molar-refractivity contribution in [1.29, 1.82) is 0 Å². The Balaban J connectivity index is 1.61. The standard InChI is InChI=1S/C20H26F3N3O2/c21-20(22,23)19(27)26-11-10-25(12-15-6-2-1-3-7-15)17-14-28-13-16(18(17)26)24-8-4-5-9-24/h1-3,6-7,16-18H,4-5,8-14H2/t16-,17+,18+/m0/s1. The normalized spacial score (nSPS) is 29.7. The Hall–Kier alpha value is -1.64. The van der Waals surface area contributed by atoms with Gasteiger partial charge >= 0.3 is 12.1 Å². The fourth-order valence-electron chi connectivity index (χ4n) is 4.86.